The molecule has 2 rings (SSSR count). The van der Waals surface area contributed by atoms with Crippen LogP contribution in [0, 0.1) is 5.92 Å². The Morgan fingerprint density at radius 1 is 1.33 bits per heavy atom. The predicted molar refractivity (Wildman–Crippen MR) is 71.6 cm³/mol. The molecule has 0 saturated heterocycles. The molecule has 4 nitrogen and oxygen atoms in total. The summed E-state index contributed by atoms with van der Waals surface area (Å²) < 4.78 is 5.35. The summed E-state index contributed by atoms with van der Waals surface area (Å²) in [5.41, 5.74) is 1.34. The van der Waals surface area contributed by atoms with Crippen LogP contribution in [0.1, 0.15) is 17.3 Å². The van der Waals surface area contributed by atoms with Crippen LogP contribution in [0.2, 0.25) is 0 Å². The zero-order valence-electron chi connectivity index (χ0n) is 10.7. The molecule has 1 atom stereocenters. The number of para-hydroxylation sites is 1. The lowest BCUT2D eigenvalue weighted by Gasteiger charge is -2.11. The van der Waals surface area contributed by atoms with Crippen LogP contribution in [0.4, 0.5) is 0 Å². The molecule has 0 saturated carbocycles. The normalized spacial score (nSPS) is 12.6. The maximum absolute atomic E-state index is 12.0. The quantitative estimate of drug-likeness (QED) is 0.848. The number of benzene rings is 1. The van der Waals surface area contributed by atoms with Crippen LogP contribution in [-0.2, 0) is 0 Å². The molecule has 0 aliphatic carbocycles. The van der Waals surface area contributed by atoms with Gasteiger partial charge in [0.25, 0.3) is 5.91 Å². The van der Waals surface area contributed by atoms with Crippen LogP contribution in [0.15, 0.2) is 34.9 Å². The van der Waals surface area contributed by atoms with Crippen molar-refractivity contribution in [3.63, 3.8) is 0 Å². The summed E-state index contributed by atoms with van der Waals surface area (Å²) in [5.74, 6) is 0.319. The highest BCUT2D eigenvalue weighted by atomic mass is 16.3. The molecule has 4 heteroatoms. The first-order chi connectivity index (χ1) is 8.72. The summed E-state index contributed by atoms with van der Waals surface area (Å²) in [4.78, 5) is 12.0. The number of nitrogens with one attached hydrogen (secondary N) is 2. The van der Waals surface area contributed by atoms with Gasteiger partial charge >= 0.3 is 0 Å². The fourth-order valence-corrected chi connectivity index (χ4v) is 1.94. The first kappa shape index (κ1) is 12.6. The van der Waals surface area contributed by atoms with Crippen molar-refractivity contribution < 1.29 is 9.21 Å². The van der Waals surface area contributed by atoms with E-state index in [0.29, 0.717) is 18.0 Å². The van der Waals surface area contributed by atoms with Crippen LogP contribution < -0.4 is 10.6 Å². The number of hydrogen-bond donors (Lipinski definition) is 2. The van der Waals surface area contributed by atoms with E-state index in [4.69, 9.17) is 4.42 Å². The van der Waals surface area contributed by atoms with Gasteiger partial charge in [0.05, 0.1) is 5.56 Å². The van der Waals surface area contributed by atoms with Gasteiger partial charge in [-0.15, -0.1) is 0 Å². The van der Waals surface area contributed by atoms with Crippen molar-refractivity contribution in [3.05, 3.63) is 36.1 Å². The lowest BCUT2D eigenvalue weighted by Crippen LogP contribution is -2.32. The van der Waals surface area contributed by atoms with E-state index in [1.807, 2.05) is 31.3 Å². The highest BCUT2D eigenvalue weighted by Gasteiger charge is 2.13. The minimum Gasteiger partial charge on any atom is -0.463 e. The summed E-state index contributed by atoms with van der Waals surface area (Å²) in [6.45, 7) is 3.62. The maximum atomic E-state index is 12.0. The summed E-state index contributed by atoms with van der Waals surface area (Å²) in [7, 11) is 1.90. The Balaban J connectivity index is 2.05. The van der Waals surface area contributed by atoms with Crippen LogP contribution in [0.5, 0.6) is 0 Å². The number of furan rings is 1. The van der Waals surface area contributed by atoms with E-state index < -0.39 is 0 Å². The molecule has 0 aliphatic heterocycles. The van der Waals surface area contributed by atoms with Crippen molar-refractivity contribution in [2.75, 3.05) is 20.1 Å². The maximum Gasteiger partial charge on any atom is 0.255 e. The second kappa shape index (κ2) is 5.69. The molecule has 0 radical (unpaired) electrons. The average Bonchev–Trinajstić information content (AvgIpc) is 2.80. The third-order valence-electron chi connectivity index (χ3n) is 2.89. The van der Waals surface area contributed by atoms with Gasteiger partial charge in [0.15, 0.2) is 0 Å². The topological polar surface area (TPSA) is 54.3 Å². The van der Waals surface area contributed by atoms with Crippen LogP contribution in [0.25, 0.3) is 11.0 Å². The van der Waals surface area contributed by atoms with Crippen molar-refractivity contribution in [2.24, 2.45) is 5.92 Å². The lowest BCUT2D eigenvalue weighted by atomic mass is 10.1. The van der Waals surface area contributed by atoms with Gasteiger partial charge in [-0.05, 0) is 25.6 Å². The SMILES string of the molecule is CNC[C@@H](C)CNC(=O)c1coc2ccccc12. The summed E-state index contributed by atoms with van der Waals surface area (Å²) in [6.07, 6.45) is 1.52. The van der Waals surface area contributed by atoms with Crippen molar-refractivity contribution >= 4 is 16.9 Å². The summed E-state index contributed by atoms with van der Waals surface area (Å²) >= 11 is 0. The molecule has 1 amide bonds. The van der Waals surface area contributed by atoms with Gasteiger partial charge in [0.1, 0.15) is 11.8 Å². The molecular weight excluding hydrogens is 228 g/mol. The van der Waals surface area contributed by atoms with E-state index in [1.165, 1.54) is 6.26 Å². The van der Waals surface area contributed by atoms with E-state index >= 15 is 0 Å². The number of carbonyl (C=O) groups is 1. The fraction of sp³-hybridized carbons (Fsp3) is 0.357. The number of amides is 1. The van der Waals surface area contributed by atoms with Gasteiger partial charge in [-0.2, -0.15) is 0 Å². The zero-order chi connectivity index (χ0) is 13.0. The number of hydrogen-bond acceptors (Lipinski definition) is 3. The van der Waals surface area contributed by atoms with Gasteiger partial charge in [0, 0.05) is 11.9 Å². The van der Waals surface area contributed by atoms with E-state index in [0.717, 1.165) is 17.5 Å². The molecule has 2 aromatic rings. The van der Waals surface area contributed by atoms with Gasteiger partial charge in [0.2, 0.25) is 0 Å². The van der Waals surface area contributed by atoms with Crippen LogP contribution in [-0.4, -0.2) is 26.0 Å². The molecule has 1 heterocycles. The Labute approximate surface area is 106 Å². The van der Waals surface area contributed by atoms with E-state index in [1.54, 1.807) is 0 Å². The summed E-state index contributed by atoms with van der Waals surface area (Å²) in [5, 5.41) is 6.87. The third-order valence-corrected chi connectivity index (χ3v) is 2.89. The molecule has 0 bridgehead atoms. The monoisotopic (exact) mass is 246 g/mol. The van der Waals surface area contributed by atoms with Crippen LogP contribution >= 0.6 is 0 Å². The largest absolute Gasteiger partial charge is 0.463 e. The van der Waals surface area contributed by atoms with E-state index in [-0.39, 0.29) is 5.91 Å². The molecule has 0 fully saturated rings. The Bertz CT molecular complexity index is 533. The Morgan fingerprint density at radius 2 is 2.11 bits per heavy atom. The second-order valence-electron chi connectivity index (χ2n) is 4.52. The highest BCUT2D eigenvalue weighted by Crippen LogP contribution is 2.20. The number of fused-ring (bicyclic) bond motifs is 1. The Kier molecular flexibility index (Phi) is 3.99. The van der Waals surface area contributed by atoms with Gasteiger partial charge < -0.3 is 15.1 Å². The molecular formula is C14H18N2O2. The first-order valence-electron chi connectivity index (χ1n) is 6.11. The Morgan fingerprint density at radius 3 is 2.89 bits per heavy atom. The third kappa shape index (κ3) is 2.71. The van der Waals surface area contributed by atoms with Crippen molar-refractivity contribution in [2.45, 2.75) is 6.92 Å². The fourth-order valence-electron chi connectivity index (χ4n) is 1.94. The molecule has 1 aromatic heterocycles. The zero-order valence-corrected chi connectivity index (χ0v) is 10.7. The first-order valence-corrected chi connectivity index (χ1v) is 6.11. The van der Waals surface area contributed by atoms with Crippen molar-refractivity contribution in [3.8, 4) is 0 Å². The van der Waals surface area contributed by atoms with Gasteiger partial charge in [-0.3, -0.25) is 4.79 Å². The standard InChI is InChI=1S/C14H18N2O2/c1-10(7-15-2)8-16-14(17)12-9-18-13-6-4-3-5-11(12)13/h3-6,9-10,15H,7-8H2,1-2H3,(H,16,17)/t10-/m1/s1. The van der Waals surface area contributed by atoms with Crippen molar-refractivity contribution in [1.29, 1.82) is 0 Å². The van der Waals surface area contributed by atoms with Crippen molar-refractivity contribution in [1.82, 2.24) is 10.6 Å². The van der Waals surface area contributed by atoms with E-state index in [2.05, 4.69) is 17.6 Å². The molecule has 96 valence electrons. The molecule has 0 unspecified atom stereocenters. The number of carbonyl (C=O) groups excluding carboxylic acids is 1. The lowest BCUT2D eigenvalue weighted by molar-refractivity contribution is 0.0949. The number of rotatable bonds is 5. The van der Waals surface area contributed by atoms with Crippen LogP contribution in [0.3, 0.4) is 0 Å². The molecule has 1 aromatic carbocycles. The van der Waals surface area contributed by atoms with E-state index in [9.17, 15) is 4.79 Å². The minimum absolute atomic E-state index is 0.0806. The summed E-state index contributed by atoms with van der Waals surface area (Å²) in [6, 6.07) is 7.54. The predicted octanol–water partition coefficient (Wildman–Crippen LogP) is 2.02. The van der Waals surface area contributed by atoms with Gasteiger partial charge in [-0.25, -0.2) is 0 Å². The smallest absolute Gasteiger partial charge is 0.255 e. The molecule has 2 N–H and O–H groups in total. The van der Waals surface area contributed by atoms with Gasteiger partial charge in [-0.1, -0.05) is 25.1 Å². The molecule has 0 spiro atoms. The second-order valence-corrected chi connectivity index (χ2v) is 4.52. The Hall–Kier alpha value is -1.81. The minimum atomic E-state index is -0.0806. The molecule has 18 heavy (non-hydrogen) atoms. The molecule has 0 aliphatic rings. The average molecular weight is 246 g/mol. The highest BCUT2D eigenvalue weighted by molar-refractivity contribution is 6.05.